The van der Waals surface area contributed by atoms with Gasteiger partial charge in [0.1, 0.15) is 5.75 Å². The van der Waals surface area contributed by atoms with Crippen LogP contribution in [0.2, 0.25) is 0 Å². The minimum Gasteiger partial charge on any atom is -0.496 e. The third-order valence-electron chi connectivity index (χ3n) is 7.53. The largest absolute Gasteiger partial charge is 0.496 e. The molecule has 0 bridgehead atoms. The maximum atomic E-state index is 13.6. The molecule has 0 aliphatic carbocycles. The van der Waals surface area contributed by atoms with E-state index in [4.69, 9.17) is 19.8 Å². The van der Waals surface area contributed by atoms with Crippen LogP contribution in [0.3, 0.4) is 0 Å². The zero-order valence-corrected chi connectivity index (χ0v) is 23.2. The van der Waals surface area contributed by atoms with Crippen molar-refractivity contribution in [2.45, 2.75) is 19.1 Å². The fraction of sp³-hybridized carbons (Fsp3) is 0.121. The van der Waals surface area contributed by atoms with E-state index in [0.717, 1.165) is 40.3 Å². The molecule has 214 valence electrons. The monoisotopic (exact) mass is 578 g/mol. The third kappa shape index (κ3) is 4.51. The normalized spacial score (nSPS) is 15.6. The Labute approximate surface area is 245 Å². The van der Waals surface area contributed by atoms with Crippen molar-refractivity contribution in [1.82, 2.24) is 9.78 Å². The maximum absolute atomic E-state index is 13.6. The summed E-state index contributed by atoms with van der Waals surface area (Å²) in [5, 5.41) is 8.06. The van der Waals surface area contributed by atoms with Crippen LogP contribution in [-0.2, 0) is 6.18 Å². The summed E-state index contributed by atoms with van der Waals surface area (Å²) < 4.78 is 48.4. The van der Waals surface area contributed by atoms with Gasteiger partial charge < -0.3 is 15.0 Å². The molecule has 7 nitrogen and oxygen atoms in total. The van der Waals surface area contributed by atoms with Crippen molar-refractivity contribution < 1.29 is 17.9 Å². The predicted molar refractivity (Wildman–Crippen MR) is 161 cm³/mol. The second kappa shape index (κ2) is 10.2. The first-order chi connectivity index (χ1) is 20.8. The number of anilines is 2. The lowest BCUT2D eigenvalue weighted by Gasteiger charge is -2.41. The molecule has 0 radical (unpaired) electrons. The molecular weight excluding hydrogens is 553 g/mol. The summed E-state index contributed by atoms with van der Waals surface area (Å²) in [6.07, 6.45) is -4.49. The fourth-order valence-corrected chi connectivity index (χ4v) is 5.64. The first-order valence-electron chi connectivity index (χ1n) is 13.6. The Morgan fingerprint density at radius 2 is 1.58 bits per heavy atom. The van der Waals surface area contributed by atoms with Crippen LogP contribution in [0.25, 0.3) is 5.69 Å². The summed E-state index contributed by atoms with van der Waals surface area (Å²) in [4.78, 5) is 12.0. The van der Waals surface area contributed by atoms with Gasteiger partial charge in [0.15, 0.2) is 17.5 Å². The number of amidine groups is 2. The smallest absolute Gasteiger partial charge is 0.416 e. The van der Waals surface area contributed by atoms with Crippen molar-refractivity contribution in [2.24, 2.45) is 9.98 Å². The van der Waals surface area contributed by atoms with E-state index >= 15 is 0 Å². The quantitative estimate of drug-likeness (QED) is 0.235. The molecule has 2 aliphatic heterocycles. The number of hydrogen-bond acceptors (Lipinski definition) is 6. The van der Waals surface area contributed by atoms with Gasteiger partial charge in [0.25, 0.3) is 0 Å². The number of rotatable bonds is 4. The second-order valence-electron chi connectivity index (χ2n) is 10.2. The summed E-state index contributed by atoms with van der Waals surface area (Å²) >= 11 is 0. The summed E-state index contributed by atoms with van der Waals surface area (Å²) in [5.74, 6) is 2.03. The van der Waals surface area contributed by atoms with Crippen LogP contribution in [0, 0.1) is 6.92 Å². The number of para-hydroxylation sites is 4. The molecule has 0 fully saturated rings. The molecular formula is C33H25F3N6O. The summed E-state index contributed by atoms with van der Waals surface area (Å²) in [6, 6.07) is 29.7. The summed E-state index contributed by atoms with van der Waals surface area (Å²) in [6.45, 7) is 1.95. The van der Waals surface area contributed by atoms with E-state index in [-0.39, 0.29) is 5.69 Å². The van der Waals surface area contributed by atoms with E-state index in [1.54, 1.807) is 17.9 Å². The predicted octanol–water partition coefficient (Wildman–Crippen LogP) is 8.00. The fourth-order valence-electron chi connectivity index (χ4n) is 5.64. The number of fused-ring (bicyclic) bond motifs is 4. The van der Waals surface area contributed by atoms with Crippen molar-refractivity contribution in [3.8, 4) is 11.4 Å². The number of aryl methyl sites for hydroxylation is 1. The van der Waals surface area contributed by atoms with E-state index in [9.17, 15) is 13.2 Å². The molecule has 1 N–H and O–H groups in total. The van der Waals surface area contributed by atoms with Gasteiger partial charge in [-0.15, -0.1) is 0 Å². The van der Waals surface area contributed by atoms with Gasteiger partial charge in [0, 0.05) is 16.8 Å². The molecule has 0 unspecified atom stereocenters. The Kier molecular flexibility index (Phi) is 6.27. The lowest BCUT2D eigenvalue weighted by Crippen LogP contribution is -2.46. The highest BCUT2D eigenvalue weighted by atomic mass is 19.4. The second-order valence-corrected chi connectivity index (χ2v) is 10.2. The highest BCUT2D eigenvalue weighted by molar-refractivity contribution is 6.51. The molecule has 10 heteroatoms. The van der Waals surface area contributed by atoms with E-state index in [0.29, 0.717) is 28.9 Å². The first-order valence-corrected chi connectivity index (χ1v) is 13.6. The van der Waals surface area contributed by atoms with Gasteiger partial charge in [-0.25, -0.2) is 14.7 Å². The van der Waals surface area contributed by atoms with E-state index in [1.165, 1.54) is 6.07 Å². The average molecular weight is 579 g/mol. The van der Waals surface area contributed by atoms with Crippen LogP contribution >= 0.6 is 0 Å². The Morgan fingerprint density at radius 3 is 2.37 bits per heavy atom. The number of methoxy groups -OCH3 is 1. The molecule has 0 saturated carbocycles. The van der Waals surface area contributed by atoms with E-state index in [2.05, 4.69) is 10.2 Å². The van der Waals surface area contributed by atoms with E-state index < -0.39 is 17.8 Å². The third-order valence-corrected chi connectivity index (χ3v) is 7.53. The standard InChI is InChI=1S/C33H25F3N6O/c1-20-28-29(24-15-6-9-18-27(24)43-2)41-26-17-8-7-16-25(26)38-30(37-22-12-10-11-21(19-22)33(34,35)36)32(41)39-31(28)42(40-20)23-13-4-3-5-14-23/h3-19,29H,1-2H3,(H,37,38)/t29-/m1/s1. The van der Waals surface area contributed by atoms with Gasteiger partial charge in [-0.3, -0.25) is 0 Å². The molecule has 43 heavy (non-hydrogen) atoms. The molecule has 2 aliphatic rings. The molecule has 7 rings (SSSR count). The van der Waals surface area contributed by atoms with Crippen LogP contribution in [0.15, 0.2) is 113 Å². The molecule has 4 aromatic carbocycles. The molecule has 0 amide bonds. The number of benzene rings is 4. The summed E-state index contributed by atoms with van der Waals surface area (Å²) in [5.41, 5.74) is 4.29. The first kappa shape index (κ1) is 26.5. The van der Waals surface area contributed by atoms with Crippen LogP contribution in [0.5, 0.6) is 5.75 Å². The van der Waals surface area contributed by atoms with Crippen LogP contribution < -0.4 is 15.0 Å². The number of nitrogens with zero attached hydrogens (tertiary/aromatic N) is 5. The van der Waals surface area contributed by atoms with Crippen molar-refractivity contribution in [2.75, 3.05) is 17.3 Å². The van der Waals surface area contributed by atoms with Gasteiger partial charge in [0.2, 0.25) is 0 Å². The highest BCUT2D eigenvalue weighted by Gasteiger charge is 2.42. The Hall–Kier alpha value is -5.38. The number of aromatic nitrogens is 2. The van der Waals surface area contributed by atoms with Gasteiger partial charge in [0.05, 0.1) is 41.5 Å². The lowest BCUT2D eigenvalue weighted by atomic mass is 9.92. The van der Waals surface area contributed by atoms with Gasteiger partial charge in [-0.2, -0.15) is 18.3 Å². The van der Waals surface area contributed by atoms with Crippen molar-refractivity contribution in [1.29, 1.82) is 0 Å². The van der Waals surface area contributed by atoms with Gasteiger partial charge in [-0.05, 0) is 55.5 Å². The topological polar surface area (TPSA) is 67.0 Å². The molecule has 0 spiro atoms. The number of hydrogen-bond donors (Lipinski definition) is 1. The Morgan fingerprint density at radius 1 is 0.837 bits per heavy atom. The molecule has 1 aromatic heterocycles. The number of ether oxygens (including phenoxy) is 1. The molecule has 3 heterocycles. The van der Waals surface area contributed by atoms with Crippen LogP contribution in [-0.4, -0.2) is 28.6 Å². The molecule has 0 saturated heterocycles. The zero-order chi connectivity index (χ0) is 29.7. The lowest BCUT2D eigenvalue weighted by molar-refractivity contribution is -0.137. The van der Waals surface area contributed by atoms with Crippen LogP contribution in [0.1, 0.15) is 28.4 Å². The molecule has 5 aromatic rings. The van der Waals surface area contributed by atoms with Crippen molar-refractivity contribution >= 4 is 34.6 Å². The summed E-state index contributed by atoms with van der Waals surface area (Å²) in [7, 11) is 1.63. The minimum absolute atomic E-state index is 0.239. The van der Waals surface area contributed by atoms with Gasteiger partial charge >= 0.3 is 6.18 Å². The van der Waals surface area contributed by atoms with Gasteiger partial charge in [-0.1, -0.05) is 54.6 Å². The average Bonchev–Trinajstić information content (AvgIpc) is 3.36. The number of alkyl halides is 3. The zero-order valence-electron chi connectivity index (χ0n) is 23.2. The molecule has 1 atom stereocenters. The van der Waals surface area contributed by atoms with Crippen molar-refractivity contribution in [3.05, 3.63) is 126 Å². The Balaban J connectivity index is 1.49. The number of halogens is 3. The minimum atomic E-state index is -4.49. The van der Waals surface area contributed by atoms with E-state index in [1.807, 2.05) is 85.8 Å². The van der Waals surface area contributed by atoms with Crippen LogP contribution in [0.4, 0.5) is 36.1 Å². The van der Waals surface area contributed by atoms with Crippen molar-refractivity contribution in [3.63, 3.8) is 0 Å². The number of nitrogens with one attached hydrogen (secondary N) is 1. The maximum Gasteiger partial charge on any atom is 0.416 e. The highest BCUT2D eigenvalue weighted by Crippen LogP contribution is 2.49. The Bertz CT molecular complexity index is 1910. The number of aliphatic imine (C=N–C) groups is 2. The SMILES string of the molecule is COc1ccccc1[C@@H]1c2c(C)nn(-c3ccccc3)c2N=C2C(Nc3cccc(C(F)(F)F)c3)=Nc3ccccc3N21.